The highest BCUT2D eigenvalue weighted by Gasteiger charge is 2.25. The molecule has 8 heteroatoms. The Kier molecular flexibility index (Phi) is 3.34. The maximum atomic E-state index is 11.2. The minimum Gasteiger partial charge on any atom is -0.468 e. The van der Waals surface area contributed by atoms with Gasteiger partial charge in [0.25, 0.3) is 0 Å². The average molecular weight is 214 g/mol. The fourth-order valence-electron chi connectivity index (χ4n) is 1.08. The van der Waals surface area contributed by atoms with Gasteiger partial charge in [0, 0.05) is 6.54 Å². The number of carbonyl (C=O) groups is 1. The predicted octanol–water partition coefficient (Wildman–Crippen LogP) is -0.467. The van der Waals surface area contributed by atoms with Crippen LogP contribution in [0, 0.1) is 10.1 Å². The number of hydrogen-bond donors (Lipinski definition) is 2. The van der Waals surface area contributed by atoms with E-state index >= 15 is 0 Å². The molecule has 0 radical (unpaired) electrons. The van der Waals surface area contributed by atoms with Gasteiger partial charge in [0.15, 0.2) is 0 Å². The summed E-state index contributed by atoms with van der Waals surface area (Å²) >= 11 is 0. The Morgan fingerprint density at radius 2 is 2.53 bits per heavy atom. The monoisotopic (exact) mass is 214 g/mol. The van der Waals surface area contributed by atoms with E-state index in [2.05, 4.69) is 14.9 Å². The van der Waals surface area contributed by atoms with Crippen LogP contribution in [-0.4, -0.2) is 34.7 Å². The SMILES string of the molecule is COC(=O)C(CN)c1cc([N+](=O)[O-])[nH]n1. The van der Waals surface area contributed by atoms with Gasteiger partial charge in [0.05, 0.1) is 13.2 Å². The summed E-state index contributed by atoms with van der Waals surface area (Å²) in [5.74, 6) is -1.63. The zero-order valence-corrected chi connectivity index (χ0v) is 7.97. The lowest BCUT2D eigenvalue weighted by molar-refractivity contribution is -0.389. The van der Waals surface area contributed by atoms with Crippen molar-refractivity contribution in [3.63, 3.8) is 0 Å². The van der Waals surface area contributed by atoms with Gasteiger partial charge in [-0.2, -0.15) is 0 Å². The molecule has 0 aromatic carbocycles. The van der Waals surface area contributed by atoms with E-state index in [0.29, 0.717) is 0 Å². The molecule has 1 aromatic heterocycles. The first kappa shape index (κ1) is 11.1. The van der Waals surface area contributed by atoms with Crippen LogP contribution in [-0.2, 0) is 9.53 Å². The van der Waals surface area contributed by atoms with Gasteiger partial charge in [-0.05, 0) is 4.92 Å². The maximum Gasteiger partial charge on any atom is 0.342 e. The summed E-state index contributed by atoms with van der Waals surface area (Å²) in [7, 11) is 1.21. The number of nitro groups is 1. The zero-order valence-electron chi connectivity index (χ0n) is 7.97. The molecule has 0 spiro atoms. The summed E-state index contributed by atoms with van der Waals surface area (Å²) < 4.78 is 4.48. The molecule has 1 rings (SSSR count). The Morgan fingerprint density at radius 1 is 1.87 bits per heavy atom. The van der Waals surface area contributed by atoms with Crippen molar-refractivity contribution in [3.8, 4) is 0 Å². The largest absolute Gasteiger partial charge is 0.468 e. The Morgan fingerprint density at radius 3 is 2.93 bits per heavy atom. The Hall–Kier alpha value is -1.96. The molecule has 0 bridgehead atoms. The average Bonchev–Trinajstić information content (AvgIpc) is 2.68. The second kappa shape index (κ2) is 4.51. The molecule has 1 aromatic rings. The zero-order chi connectivity index (χ0) is 11.4. The van der Waals surface area contributed by atoms with Crippen LogP contribution in [0.15, 0.2) is 6.07 Å². The molecule has 1 unspecified atom stereocenters. The van der Waals surface area contributed by atoms with Crippen molar-refractivity contribution in [1.82, 2.24) is 10.2 Å². The molecule has 0 saturated heterocycles. The van der Waals surface area contributed by atoms with Crippen molar-refractivity contribution in [3.05, 3.63) is 21.9 Å². The number of methoxy groups -OCH3 is 1. The van der Waals surface area contributed by atoms with Crippen molar-refractivity contribution in [2.45, 2.75) is 5.92 Å². The van der Waals surface area contributed by atoms with E-state index in [1.165, 1.54) is 7.11 Å². The van der Waals surface area contributed by atoms with Crippen molar-refractivity contribution >= 4 is 11.8 Å². The molecular weight excluding hydrogens is 204 g/mol. The summed E-state index contributed by atoms with van der Waals surface area (Å²) in [5, 5.41) is 16.2. The molecule has 8 nitrogen and oxygen atoms in total. The first-order valence-electron chi connectivity index (χ1n) is 4.07. The van der Waals surface area contributed by atoms with E-state index in [1.807, 2.05) is 0 Å². The topological polar surface area (TPSA) is 124 Å². The number of rotatable bonds is 4. The number of H-pyrrole nitrogens is 1. The molecule has 0 aliphatic rings. The Balaban J connectivity index is 2.92. The number of esters is 1. The minimum absolute atomic E-state index is 0.0192. The number of nitrogens with one attached hydrogen (secondary N) is 1. The highest BCUT2D eigenvalue weighted by atomic mass is 16.6. The van der Waals surface area contributed by atoms with E-state index in [0.717, 1.165) is 6.07 Å². The van der Waals surface area contributed by atoms with Crippen molar-refractivity contribution < 1.29 is 14.5 Å². The number of hydrogen-bond acceptors (Lipinski definition) is 6. The van der Waals surface area contributed by atoms with Gasteiger partial charge >= 0.3 is 11.8 Å². The fraction of sp³-hybridized carbons (Fsp3) is 0.429. The molecule has 0 fully saturated rings. The van der Waals surface area contributed by atoms with Crippen LogP contribution in [0.1, 0.15) is 11.6 Å². The summed E-state index contributed by atoms with van der Waals surface area (Å²) in [4.78, 5) is 20.9. The van der Waals surface area contributed by atoms with E-state index in [9.17, 15) is 14.9 Å². The van der Waals surface area contributed by atoms with Crippen molar-refractivity contribution in [1.29, 1.82) is 0 Å². The first-order valence-corrected chi connectivity index (χ1v) is 4.07. The van der Waals surface area contributed by atoms with Gasteiger partial charge in [-0.25, -0.2) is 0 Å². The third-order valence-electron chi connectivity index (χ3n) is 1.86. The van der Waals surface area contributed by atoms with E-state index < -0.39 is 16.8 Å². The molecule has 0 aliphatic carbocycles. The molecule has 0 aliphatic heterocycles. The molecule has 0 saturated carbocycles. The van der Waals surface area contributed by atoms with E-state index in [4.69, 9.17) is 5.73 Å². The molecule has 0 amide bonds. The standard InChI is InChI=1S/C7H10N4O4/c1-15-7(12)4(3-8)5-2-6(10-9-5)11(13)14/h2,4H,3,8H2,1H3,(H,9,10). The number of nitrogens with zero attached hydrogens (tertiary/aromatic N) is 2. The highest BCUT2D eigenvalue weighted by Crippen LogP contribution is 2.17. The normalized spacial score (nSPS) is 12.1. The lowest BCUT2D eigenvalue weighted by Gasteiger charge is -2.07. The summed E-state index contributed by atoms with van der Waals surface area (Å²) in [5.41, 5.74) is 5.55. The van der Waals surface area contributed by atoms with Crippen LogP contribution in [0.25, 0.3) is 0 Å². The number of carbonyl (C=O) groups excluding carboxylic acids is 1. The van der Waals surface area contributed by atoms with E-state index in [-0.39, 0.29) is 18.1 Å². The van der Waals surface area contributed by atoms with Gasteiger partial charge < -0.3 is 20.6 Å². The number of aromatic amines is 1. The predicted molar refractivity (Wildman–Crippen MR) is 49.1 cm³/mol. The number of nitrogens with two attached hydrogens (primary N) is 1. The highest BCUT2D eigenvalue weighted by molar-refractivity contribution is 5.77. The Labute approximate surface area is 84.6 Å². The van der Waals surface area contributed by atoms with Gasteiger partial charge in [0.2, 0.25) is 0 Å². The number of ether oxygens (including phenoxy) is 1. The first-order chi connectivity index (χ1) is 7.10. The van der Waals surface area contributed by atoms with Crippen molar-refractivity contribution in [2.75, 3.05) is 13.7 Å². The van der Waals surface area contributed by atoms with Crippen LogP contribution >= 0.6 is 0 Å². The van der Waals surface area contributed by atoms with Gasteiger partial charge in [0.1, 0.15) is 11.6 Å². The molecule has 82 valence electrons. The van der Waals surface area contributed by atoms with Gasteiger partial charge in [-0.3, -0.25) is 4.79 Å². The molecule has 3 N–H and O–H groups in total. The van der Waals surface area contributed by atoms with Crippen LogP contribution in [0.2, 0.25) is 0 Å². The quantitative estimate of drug-likeness (QED) is 0.396. The number of aromatic nitrogens is 2. The van der Waals surface area contributed by atoms with Crippen LogP contribution in [0.3, 0.4) is 0 Å². The third kappa shape index (κ3) is 2.29. The van der Waals surface area contributed by atoms with E-state index in [1.54, 1.807) is 0 Å². The molecule has 1 heterocycles. The maximum absolute atomic E-state index is 11.2. The van der Waals surface area contributed by atoms with Crippen LogP contribution < -0.4 is 5.73 Å². The van der Waals surface area contributed by atoms with Crippen LogP contribution in [0.5, 0.6) is 0 Å². The summed E-state index contributed by atoms with van der Waals surface area (Å²) in [6.45, 7) is -0.0192. The molecule has 1 atom stereocenters. The van der Waals surface area contributed by atoms with Crippen LogP contribution in [0.4, 0.5) is 5.82 Å². The van der Waals surface area contributed by atoms with Gasteiger partial charge in [-0.15, -0.1) is 5.10 Å². The molecule has 15 heavy (non-hydrogen) atoms. The molecular formula is C7H10N4O4. The van der Waals surface area contributed by atoms with Gasteiger partial charge in [-0.1, -0.05) is 5.10 Å². The summed E-state index contributed by atoms with van der Waals surface area (Å²) in [6.07, 6.45) is 0. The summed E-state index contributed by atoms with van der Waals surface area (Å²) in [6, 6.07) is 1.16. The lowest BCUT2D eigenvalue weighted by atomic mass is 10.1. The smallest absolute Gasteiger partial charge is 0.342 e. The fourth-order valence-corrected chi connectivity index (χ4v) is 1.08. The second-order valence-electron chi connectivity index (χ2n) is 2.75. The Bertz CT molecular complexity index is 375. The second-order valence-corrected chi connectivity index (χ2v) is 2.75. The minimum atomic E-state index is -0.778. The third-order valence-corrected chi connectivity index (χ3v) is 1.86. The van der Waals surface area contributed by atoms with Crippen molar-refractivity contribution in [2.24, 2.45) is 5.73 Å². The lowest BCUT2D eigenvalue weighted by Crippen LogP contribution is -2.23.